The molecule has 0 aromatic heterocycles. The summed E-state index contributed by atoms with van der Waals surface area (Å²) in [6.45, 7) is 7.92. The van der Waals surface area contributed by atoms with Crippen LogP contribution in [0.25, 0.3) is 0 Å². The van der Waals surface area contributed by atoms with Gasteiger partial charge < -0.3 is 9.47 Å². The number of hydrogen-bond acceptors (Lipinski definition) is 3. The lowest BCUT2D eigenvalue weighted by Gasteiger charge is -2.23. The molecule has 0 aliphatic carbocycles. The van der Waals surface area contributed by atoms with E-state index in [0.717, 1.165) is 17.7 Å². The molecule has 3 nitrogen and oxygen atoms in total. The molecule has 0 aliphatic rings. The average Bonchev–Trinajstić information content (AvgIpc) is 2.37. The van der Waals surface area contributed by atoms with Crippen molar-refractivity contribution in [2.24, 2.45) is 11.8 Å². The van der Waals surface area contributed by atoms with Crippen LogP contribution in [-0.2, 0) is 9.53 Å². The molecule has 0 N–H and O–H groups in total. The van der Waals surface area contributed by atoms with E-state index < -0.39 is 0 Å². The van der Waals surface area contributed by atoms with Gasteiger partial charge in [0, 0.05) is 5.56 Å². The number of ether oxygens (including phenoxy) is 2. The highest BCUT2D eigenvalue weighted by atomic mass is 16.5. The third kappa shape index (κ3) is 4.58. The van der Waals surface area contributed by atoms with E-state index in [1.165, 1.54) is 0 Å². The fraction of sp³-hybridized carbons (Fsp3) is 0.562. The highest BCUT2D eigenvalue weighted by molar-refractivity contribution is 5.72. The summed E-state index contributed by atoms with van der Waals surface area (Å²) in [5.74, 6) is 0.917. The Kier molecular flexibility index (Phi) is 5.87. The number of carbonyl (C=O) groups excluding carboxylic acids is 1. The monoisotopic (exact) mass is 264 g/mol. The smallest absolute Gasteiger partial charge is 0.308 e. The Hall–Kier alpha value is -1.51. The van der Waals surface area contributed by atoms with Gasteiger partial charge in [0.25, 0.3) is 0 Å². The fourth-order valence-corrected chi connectivity index (χ4v) is 1.88. The summed E-state index contributed by atoms with van der Waals surface area (Å²) in [7, 11) is 1.63. The molecule has 0 fully saturated rings. The molecular weight excluding hydrogens is 240 g/mol. The first kappa shape index (κ1) is 15.5. The van der Waals surface area contributed by atoms with Gasteiger partial charge in [-0.25, -0.2) is 0 Å². The van der Waals surface area contributed by atoms with Crippen molar-refractivity contribution in [1.82, 2.24) is 0 Å². The van der Waals surface area contributed by atoms with Gasteiger partial charge in [-0.3, -0.25) is 4.79 Å². The maximum Gasteiger partial charge on any atom is 0.308 e. The highest BCUT2D eigenvalue weighted by Gasteiger charge is 2.22. The maximum atomic E-state index is 11.8. The lowest BCUT2D eigenvalue weighted by molar-refractivity contribution is -0.154. The normalized spacial score (nSPS) is 12.6. The predicted molar refractivity (Wildman–Crippen MR) is 76.1 cm³/mol. The van der Waals surface area contributed by atoms with Gasteiger partial charge in [0.1, 0.15) is 11.9 Å². The second-order valence-electron chi connectivity index (χ2n) is 5.45. The molecule has 0 amide bonds. The zero-order chi connectivity index (χ0) is 14.4. The van der Waals surface area contributed by atoms with Crippen molar-refractivity contribution >= 4 is 5.97 Å². The zero-order valence-corrected chi connectivity index (χ0v) is 12.5. The Morgan fingerprint density at radius 2 is 1.79 bits per heavy atom. The topological polar surface area (TPSA) is 35.5 Å². The number of carbonyl (C=O) groups is 1. The van der Waals surface area contributed by atoms with Crippen molar-refractivity contribution in [2.75, 3.05) is 7.11 Å². The molecule has 0 saturated carbocycles. The van der Waals surface area contributed by atoms with Gasteiger partial charge in [-0.2, -0.15) is 0 Å². The third-order valence-electron chi connectivity index (χ3n) is 2.90. The molecule has 106 valence electrons. The van der Waals surface area contributed by atoms with Gasteiger partial charge in [-0.15, -0.1) is 0 Å². The van der Waals surface area contributed by atoms with Gasteiger partial charge >= 0.3 is 5.97 Å². The highest BCUT2D eigenvalue weighted by Crippen LogP contribution is 2.32. The van der Waals surface area contributed by atoms with Gasteiger partial charge in [0.05, 0.1) is 13.0 Å². The first-order chi connectivity index (χ1) is 8.95. The molecule has 19 heavy (non-hydrogen) atoms. The SMILES string of the molecule is COc1ccccc1[C@@H](CC(C)C)OC(=O)C(C)C. The summed E-state index contributed by atoms with van der Waals surface area (Å²) in [5.41, 5.74) is 0.938. The van der Waals surface area contributed by atoms with Crippen LogP contribution in [0.5, 0.6) is 5.75 Å². The Labute approximate surface area is 115 Å². The summed E-state index contributed by atoms with van der Waals surface area (Å²) in [6, 6.07) is 7.71. The minimum Gasteiger partial charge on any atom is -0.496 e. The molecule has 0 heterocycles. The molecule has 1 atom stereocenters. The maximum absolute atomic E-state index is 11.8. The lowest BCUT2D eigenvalue weighted by atomic mass is 9.98. The van der Waals surface area contributed by atoms with Crippen LogP contribution in [0.4, 0.5) is 0 Å². The van der Waals surface area contributed by atoms with Crippen LogP contribution in [0.1, 0.15) is 45.8 Å². The molecule has 0 bridgehead atoms. The number of hydrogen-bond donors (Lipinski definition) is 0. The molecule has 0 saturated heterocycles. The molecule has 0 radical (unpaired) electrons. The third-order valence-corrected chi connectivity index (χ3v) is 2.90. The number of esters is 1. The fourth-order valence-electron chi connectivity index (χ4n) is 1.88. The van der Waals surface area contributed by atoms with E-state index in [9.17, 15) is 4.79 Å². The number of rotatable bonds is 6. The van der Waals surface area contributed by atoms with Crippen LogP contribution < -0.4 is 4.74 Å². The van der Waals surface area contributed by atoms with Gasteiger partial charge in [-0.05, 0) is 18.4 Å². The van der Waals surface area contributed by atoms with E-state index >= 15 is 0 Å². The Morgan fingerprint density at radius 1 is 1.16 bits per heavy atom. The molecule has 1 aromatic rings. The zero-order valence-electron chi connectivity index (χ0n) is 12.5. The van der Waals surface area contributed by atoms with Crippen LogP contribution in [0.3, 0.4) is 0 Å². The number of para-hydroxylation sites is 1. The average molecular weight is 264 g/mol. The summed E-state index contributed by atoms with van der Waals surface area (Å²) < 4.78 is 11.0. The van der Waals surface area contributed by atoms with E-state index in [-0.39, 0.29) is 18.0 Å². The number of benzene rings is 1. The van der Waals surface area contributed by atoms with Gasteiger partial charge in [-0.1, -0.05) is 45.9 Å². The van der Waals surface area contributed by atoms with Gasteiger partial charge in [0.15, 0.2) is 0 Å². The second-order valence-corrected chi connectivity index (χ2v) is 5.45. The van der Waals surface area contributed by atoms with Crippen LogP contribution in [0.15, 0.2) is 24.3 Å². The molecule has 1 aromatic carbocycles. The summed E-state index contributed by atoms with van der Waals surface area (Å²) in [6.07, 6.45) is 0.546. The molecule has 0 spiro atoms. The van der Waals surface area contributed by atoms with Crippen LogP contribution in [0, 0.1) is 11.8 Å². The largest absolute Gasteiger partial charge is 0.496 e. The molecule has 1 rings (SSSR count). The van der Waals surface area contributed by atoms with E-state index in [2.05, 4.69) is 13.8 Å². The minimum absolute atomic E-state index is 0.121. The molecule has 0 aliphatic heterocycles. The van der Waals surface area contributed by atoms with Crippen LogP contribution >= 0.6 is 0 Å². The molecular formula is C16H24O3. The van der Waals surface area contributed by atoms with Crippen LogP contribution in [-0.4, -0.2) is 13.1 Å². The summed E-state index contributed by atoms with van der Waals surface area (Å²) >= 11 is 0. The summed E-state index contributed by atoms with van der Waals surface area (Å²) in [4.78, 5) is 11.8. The number of methoxy groups -OCH3 is 1. The second kappa shape index (κ2) is 7.17. The first-order valence-corrected chi connectivity index (χ1v) is 6.79. The van der Waals surface area contributed by atoms with E-state index in [4.69, 9.17) is 9.47 Å². The van der Waals surface area contributed by atoms with E-state index in [1.54, 1.807) is 7.11 Å². The van der Waals surface area contributed by atoms with E-state index in [0.29, 0.717) is 5.92 Å². The van der Waals surface area contributed by atoms with Crippen molar-refractivity contribution in [2.45, 2.75) is 40.2 Å². The molecule has 0 unspecified atom stereocenters. The Morgan fingerprint density at radius 3 is 2.32 bits per heavy atom. The van der Waals surface area contributed by atoms with Crippen molar-refractivity contribution in [1.29, 1.82) is 0 Å². The van der Waals surface area contributed by atoms with E-state index in [1.807, 2.05) is 38.1 Å². The van der Waals surface area contributed by atoms with Crippen molar-refractivity contribution in [3.8, 4) is 5.75 Å². The first-order valence-electron chi connectivity index (χ1n) is 6.79. The van der Waals surface area contributed by atoms with Crippen LogP contribution in [0.2, 0.25) is 0 Å². The Bertz CT molecular complexity index is 410. The van der Waals surface area contributed by atoms with Crippen molar-refractivity contribution in [3.05, 3.63) is 29.8 Å². The lowest BCUT2D eigenvalue weighted by Crippen LogP contribution is -2.18. The van der Waals surface area contributed by atoms with Gasteiger partial charge in [0.2, 0.25) is 0 Å². The molecule has 3 heteroatoms. The standard InChI is InChI=1S/C16H24O3/c1-11(2)10-15(19-16(17)12(3)4)13-8-6-7-9-14(13)18-5/h6-9,11-12,15H,10H2,1-5H3/t15-/m1/s1. The van der Waals surface area contributed by atoms with Crippen molar-refractivity contribution in [3.63, 3.8) is 0 Å². The Balaban J connectivity index is 2.98. The summed E-state index contributed by atoms with van der Waals surface area (Å²) in [5, 5.41) is 0. The van der Waals surface area contributed by atoms with Crippen molar-refractivity contribution < 1.29 is 14.3 Å². The predicted octanol–water partition coefficient (Wildman–Crippen LogP) is 3.98. The minimum atomic E-state index is -0.244. The quantitative estimate of drug-likeness (QED) is 0.729.